The maximum absolute atomic E-state index is 4.04. The standard InChI is InChI=1S/C12H15NS/c1-9-8-12(2,3)14-11-7-5-4-6-10(11)13-9/h4-7,13H,1,8H2,2-3H3. The van der Waals surface area contributed by atoms with E-state index in [1.165, 1.54) is 10.6 Å². The first kappa shape index (κ1) is 9.66. The zero-order valence-electron chi connectivity index (χ0n) is 8.63. The van der Waals surface area contributed by atoms with Gasteiger partial charge in [-0.25, -0.2) is 0 Å². The van der Waals surface area contributed by atoms with E-state index in [1.54, 1.807) is 0 Å². The van der Waals surface area contributed by atoms with Gasteiger partial charge in [0.2, 0.25) is 0 Å². The summed E-state index contributed by atoms with van der Waals surface area (Å²) in [5.74, 6) is 0. The second-order valence-electron chi connectivity index (χ2n) is 4.26. The van der Waals surface area contributed by atoms with Crippen LogP contribution in [0.25, 0.3) is 0 Å². The summed E-state index contributed by atoms with van der Waals surface area (Å²) >= 11 is 1.92. The minimum atomic E-state index is 0.233. The summed E-state index contributed by atoms with van der Waals surface area (Å²) in [5, 5.41) is 3.36. The molecule has 2 heteroatoms. The fourth-order valence-corrected chi connectivity index (χ4v) is 2.96. The molecule has 0 fully saturated rings. The Hall–Kier alpha value is -0.890. The zero-order valence-corrected chi connectivity index (χ0v) is 9.45. The Kier molecular flexibility index (Phi) is 2.31. The fraction of sp³-hybridized carbons (Fsp3) is 0.333. The summed E-state index contributed by atoms with van der Waals surface area (Å²) in [7, 11) is 0. The summed E-state index contributed by atoms with van der Waals surface area (Å²) in [4.78, 5) is 1.32. The van der Waals surface area contributed by atoms with E-state index in [4.69, 9.17) is 0 Å². The molecule has 0 saturated heterocycles. The molecule has 1 aromatic carbocycles. The third-order valence-electron chi connectivity index (χ3n) is 2.22. The average Bonchev–Trinajstić information content (AvgIpc) is 2.16. The number of para-hydroxylation sites is 1. The van der Waals surface area contributed by atoms with E-state index in [-0.39, 0.29) is 4.75 Å². The van der Waals surface area contributed by atoms with Gasteiger partial charge in [0.15, 0.2) is 0 Å². The molecule has 0 bridgehead atoms. The number of hydrogen-bond acceptors (Lipinski definition) is 2. The minimum Gasteiger partial charge on any atom is -0.358 e. The smallest absolute Gasteiger partial charge is 0.0520 e. The molecule has 0 atom stereocenters. The van der Waals surface area contributed by atoms with Crippen molar-refractivity contribution in [1.82, 2.24) is 0 Å². The number of anilines is 1. The monoisotopic (exact) mass is 205 g/mol. The lowest BCUT2D eigenvalue weighted by atomic mass is 10.1. The molecular formula is C12H15NS. The van der Waals surface area contributed by atoms with Gasteiger partial charge in [-0.2, -0.15) is 0 Å². The fourth-order valence-electron chi connectivity index (χ4n) is 1.74. The highest BCUT2D eigenvalue weighted by molar-refractivity contribution is 8.00. The van der Waals surface area contributed by atoms with Gasteiger partial charge in [-0.1, -0.05) is 18.7 Å². The number of hydrogen-bond donors (Lipinski definition) is 1. The van der Waals surface area contributed by atoms with Crippen molar-refractivity contribution in [1.29, 1.82) is 0 Å². The van der Waals surface area contributed by atoms with E-state index in [0.717, 1.165) is 12.1 Å². The molecule has 0 aromatic heterocycles. The van der Waals surface area contributed by atoms with E-state index >= 15 is 0 Å². The van der Waals surface area contributed by atoms with Gasteiger partial charge in [-0.15, -0.1) is 11.8 Å². The molecule has 1 N–H and O–H groups in total. The number of rotatable bonds is 0. The number of thioether (sulfide) groups is 1. The van der Waals surface area contributed by atoms with Gasteiger partial charge in [0.1, 0.15) is 0 Å². The minimum absolute atomic E-state index is 0.233. The van der Waals surface area contributed by atoms with Crippen LogP contribution in [0.5, 0.6) is 0 Å². The van der Waals surface area contributed by atoms with Crippen molar-refractivity contribution in [3.63, 3.8) is 0 Å². The van der Waals surface area contributed by atoms with E-state index in [9.17, 15) is 0 Å². The van der Waals surface area contributed by atoms with Crippen molar-refractivity contribution in [3.05, 3.63) is 36.5 Å². The van der Waals surface area contributed by atoms with Gasteiger partial charge in [-0.3, -0.25) is 0 Å². The van der Waals surface area contributed by atoms with Crippen LogP contribution >= 0.6 is 11.8 Å². The molecule has 1 aliphatic rings. The van der Waals surface area contributed by atoms with Crippen molar-refractivity contribution in [2.75, 3.05) is 5.32 Å². The Morgan fingerprint density at radius 1 is 1.36 bits per heavy atom. The summed E-state index contributed by atoms with van der Waals surface area (Å²) in [6.07, 6.45) is 1.01. The van der Waals surface area contributed by atoms with Gasteiger partial charge in [-0.05, 0) is 26.0 Å². The molecule has 1 heterocycles. The Morgan fingerprint density at radius 2 is 2.07 bits per heavy atom. The number of fused-ring (bicyclic) bond motifs is 1. The van der Waals surface area contributed by atoms with Crippen LogP contribution in [-0.2, 0) is 0 Å². The van der Waals surface area contributed by atoms with Gasteiger partial charge in [0.25, 0.3) is 0 Å². The lowest BCUT2D eigenvalue weighted by Crippen LogP contribution is -2.14. The lowest BCUT2D eigenvalue weighted by Gasteiger charge is -2.21. The van der Waals surface area contributed by atoms with Crippen LogP contribution in [0, 0.1) is 0 Å². The predicted octanol–water partition coefficient (Wildman–Crippen LogP) is 3.89. The molecule has 2 rings (SSSR count). The van der Waals surface area contributed by atoms with E-state index < -0.39 is 0 Å². The largest absolute Gasteiger partial charge is 0.358 e. The molecule has 0 aliphatic carbocycles. The van der Waals surface area contributed by atoms with Crippen LogP contribution in [0.4, 0.5) is 5.69 Å². The number of nitrogens with one attached hydrogen (secondary N) is 1. The molecule has 0 unspecified atom stereocenters. The highest BCUT2D eigenvalue weighted by Gasteiger charge is 2.25. The average molecular weight is 205 g/mol. The zero-order chi connectivity index (χ0) is 10.2. The molecule has 0 saturated carbocycles. The van der Waals surface area contributed by atoms with E-state index in [0.29, 0.717) is 0 Å². The van der Waals surface area contributed by atoms with Crippen LogP contribution in [0.1, 0.15) is 20.3 Å². The first-order valence-corrected chi connectivity index (χ1v) is 5.61. The predicted molar refractivity (Wildman–Crippen MR) is 63.8 cm³/mol. The van der Waals surface area contributed by atoms with Crippen LogP contribution in [-0.4, -0.2) is 4.75 Å². The molecule has 0 spiro atoms. The third-order valence-corrected chi connectivity index (χ3v) is 3.50. The van der Waals surface area contributed by atoms with Crippen molar-refractivity contribution in [2.24, 2.45) is 0 Å². The second kappa shape index (κ2) is 3.35. The molecule has 1 aromatic rings. The Morgan fingerprint density at radius 3 is 2.86 bits per heavy atom. The third kappa shape index (κ3) is 1.95. The maximum atomic E-state index is 4.04. The molecule has 1 aliphatic heterocycles. The van der Waals surface area contributed by atoms with E-state index in [2.05, 4.69) is 50.0 Å². The molecular weight excluding hydrogens is 190 g/mol. The van der Waals surface area contributed by atoms with Crippen LogP contribution in [0.15, 0.2) is 41.4 Å². The van der Waals surface area contributed by atoms with Crippen molar-refractivity contribution >= 4 is 17.4 Å². The Labute approximate surface area is 89.6 Å². The van der Waals surface area contributed by atoms with E-state index in [1.807, 2.05) is 11.8 Å². The SMILES string of the molecule is C=C1CC(C)(C)Sc2ccccc2N1. The molecule has 1 nitrogen and oxygen atoms in total. The first-order chi connectivity index (χ1) is 6.57. The van der Waals surface area contributed by atoms with Gasteiger partial charge in [0.05, 0.1) is 5.69 Å². The molecule has 0 radical (unpaired) electrons. The first-order valence-electron chi connectivity index (χ1n) is 4.80. The molecule has 14 heavy (non-hydrogen) atoms. The van der Waals surface area contributed by atoms with Crippen molar-refractivity contribution in [3.8, 4) is 0 Å². The van der Waals surface area contributed by atoms with Crippen molar-refractivity contribution < 1.29 is 0 Å². The van der Waals surface area contributed by atoms with Gasteiger partial charge in [0, 0.05) is 21.8 Å². The van der Waals surface area contributed by atoms with Crippen molar-refractivity contribution in [2.45, 2.75) is 29.9 Å². The van der Waals surface area contributed by atoms with Crippen LogP contribution in [0.3, 0.4) is 0 Å². The van der Waals surface area contributed by atoms with Gasteiger partial charge < -0.3 is 5.32 Å². The lowest BCUT2D eigenvalue weighted by molar-refractivity contribution is 0.709. The highest BCUT2D eigenvalue weighted by Crippen LogP contribution is 2.43. The Bertz CT molecular complexity index is 368. The van der Waals surface area contributed by atoms with Crippen LogP contribution < -0.4 is 5.32 Å². The molecule has 74 valence electrons. The topological polar surface area (TPSA) is 12.0 Å². The summed E-state index contributed by atoms with van der Waals surface area (Å²) in [6, 6.07) is 8.40. The number of allylic oxidation sites excluding steroid dienone is 1. The normalized spacial score (nSPS) is 19.4. The van der Waals surface area contributed by atoms with Crippen LogP contribution in [0.2, 0.25) is 0 Å². The number of benzene rings is 1. The van der Waals surface area contributed by atoms with Gasteiger partial charge >= 0.3 is 0 Å². The summed E-state index contributed by atoms with van der Waals surface area (Å²) < 4.78 is 0.233. The highest BCUT2D eigenvalue weighted by atomic mass is 32.2. The maximum Gasteiger partial charge on any atom is 0.0520 e. The summed E-state index contributed by atoms with van der Waals surface area (Å²) in [5.41, 5.74) is 2.29. The Balaban J connectivity index is 2.42. The summed E-state index contributed by atoms with van der Waals surface area (Å²) in [6.45, 7) is 8.56. The quantitative estimate of drug-likeness (QED) is 0.689. The molecule has 0 amide bonds. The second-order valence-corrected chi connectivity index (χ2v) is 6.01.